The molecule has 0 spiro atoms. The Bertz CT molecular complexity index is 584. The minimum atomic E-state index is -1.02. The highest BCUT2D eigenvalue weighted by atomic mass is 16.5. The summed E-state index contributed by atoms with van der Waals surface area (Å²) in [5.41, 5.74) is 3.40. The van der Waals surface area contributed by atoms with E-state index in [0.717, 1.165) is 16.7 Å². The number of aryl methyl sites for hydroxylation is 3. The Kier molecular flexibility index (Phi) is 2.71. The quantitative estimate of drug-likeness (QED) is 0.863. The van der Waals surface area contributed by atoms with Crippen LogP contribution in [0, 0.1) is 20.8 Å². The molecule has 0 aliphatic rings. The maximum Gasteiger partial charge on any atom is 0.341 e. The second-order valence-corrected chi connectivity index (χ2v) is 4.10. The Balaban J connectivity index is 2.65. The highest BCUT2D eigenvalue weighted by Crippen LogP contribution is 2.29. The number of nitrogens with zero attached hydrogens (tertiary/aromatic N) is 1. The van der Waals surface area contributed by atoms with Crippen LogP contribution < -0.4 is 0 Å². The smallest absolute Gasteiger partial charge is 0.341 e. The van der Waals surface area contributed by atoms with Crippen LogP contribution in [0.4, 0.5) is 0 Å². The summed E-state index contributed by atoms with van der Waals surface area (Å²) in [7, 11) is 0. The van der Waals surface area contributed by atoms with E-state index in [4.69, 9.17) is 9.63 Å². The molecule has 1 aromatic heterocycles. The summed E-state index contributed by atoms with van der Waals surface area (Å²) >= 11 is 0. The minimum absolute atomic E-state index is 0.136. The van der Waals surface area contributed by atoms with Crippen molar-refractivity contribution in [3.8, 4) is 11.3 Å². The molecule has 2 aromatic rings. The van der Waals surface area contributed by atoms with Crippen LogP contribution >= 0.6 is 0 Å². The van der Waals surface area contributed by atoms with Crippen molar-refractivity contribution in [2.24, 2.45) is 0 Å². The van der Waals surface area contributed by atoms with E-state index < -0.39 is 5.97 Å². The van der Waals surface area contributed by atoms with E-state index in [1.165, 1.54) is 0 Å². The van der Waals surface area contributed by atoms with Crippen LogP contribution in [0.3, 0.4) is 0 Å². The average Bonchev–Trinajstić information content (AvgIpc) is 2.60. The molecule has 0 aliphatic heterocycles. The number of benzene rings is 1. The highest BCUT2D eigenvalue weighted by molar-refractivity contribution is 5.95. The Morgan fingerprint density at radius 1 is 1.29 bits per heavy atom. The molecule has 0 amide bonds. The molecule has 1 heterocycles. The number of aromatic carboxylic acids is 1. The van der Waals surface area contributed by atoms with Gasteiger partial charge in [0.05, 0.1) is 5.69 Å². The minimum Gasteiger partial charge on any atom is -0.477 e. The van der Waals surface area contributed by atoms with Gasteiger partial charge in [-0.1, -0.05) is 28.9 Å². The molecule has 2 rings (SSSR count). The number of rotatable bonds is 2. The van der Waals surface area contributed by atoms with Crippen molar-refractivity contribution in [1.82, 2.24) is 5.16 Å². The molecule has 0 radical (unpaired) electrons. The summed E-state index contributed by atoms with van der Waals surface area (Å²) in [6, 6.07) is 5.77. The van der Waals surface area contributed by atoms with Crippen LogP contribution in [-0.2, 0) is 0 Å². The molecule has 1 aromatic carbocycles. The van der Waals surface area contributed by atoms with Crippen LogP contribution in [0.5, 0.6) is 0 Å². The fraction of sp³-hybridized carbons (Fsp3) is 0.231. The Labute approximate surface area is 98.9 Å². The first kappa shape index (κ1) is 11.4. The summed E-state index contributed by atoms with van der Waals surface area (Å²) < 4.78 is 5.13. The van der Waals surface area contributed by atoms with E-state index in [-0.39, 0.29) is 5.56 Å². The molecule has 4 heteroatoms. The lowest BCUT2D eigenvalue weighted by molar-refractivity contribution is 0.0696. The summed E-state index contributed by atoms with van der Waals surface area (Å²) in [5, 5.41) is 12.9. The topological polar surface area (TPSA) is 63.3 Å². The predicted octanol–water partition coefficient (Wildman–Crippen LogP) is 2.97. The third kappa shape index (κ3) is 1.93. The Hall–Kier alpha value is -2.10. The molecule has 4 nitrogen and oxygen atoms in total. The van der Waals surface area contributed by atoms with E-state index >= 15 is 0 Å². The van der Waals surface area contributed by atoms with Gasteiger partial charge in [0.15, 0.2) is 5.76 Å². The monoisotopic (exact) mass is 231 g/mol. The van der Waals surface area contributed by atoms with Crippen LogP contribution in [0.1, 0.15) is 27.2 Å². The van der Waals surface area contributed by atoms with Crippen molar-refractivity contribution < 1.29 is 14.4 Å². The molecule has 0 unspecified atom stereocenters. The lowest BCUT2D eigenvalue weighted by Crippen LogP contribution is -1.99. The second-order valence-electron chi connectivity index (χ2n) is 4.10. The first-order chi connectivity index (χ1) is 8.00. The van der Waals surface area contributed by atoms with Crippen molar-refractivity contribution in [3.63, 3.8) is 0 Å². The molecule has 0 atom stereocenters. The molecule has 0 aliphatic carbocycles. The molecule has 1 N–H and O–H groups in total. The maximum absolute atomic E-state index is 11.2. The lowest BCUT2D eigenvalue weighted by Gasteiger charge is -2.04. The molecule has 88 valence electrons. The highest BCUT2D eigenvalue weighted by Gasteiger charge is 2.21. The first-order valence-corrected chi connectivity index (χ1v) is 5.28. The number of hydrogen-bond donors (Lipinski definition) is 1. The number of carboxylic acid groups (broad SMARTS) is 1. The molecule has 0 fully saturated rings. The number of hydrogen-bond acceptors (Lipinski definition) is 3. The summed E-state index contributed by atoms with van der Waals surface area (Å²) in [5.74, 6) is -0.689. The molecule has 0 saturated carbocycles. The molecular weight excluding hydrogens is 218 g/mol. The average molecular weight is 231 g/mol. The van der Waals surface area contributed by atoms with Crippen LogP contribution in [0.25, 0.3) is 11.3 Å². The summed E-state index contributed by atoms with van der Waals surface area (Å²) in [6.07, 6.45) is 0. The predicted molar refractivity (Wildman–Crippen MR) is 63.1 cm³/mol. The van der Waals surface area contributed by atoms with Crippen molar-refractivity contribution in [1.29, 1.82) is 0 Å². The SMILES string of the molecule is Cc1ccc(-c2onc(C)c2C(=O)O)c(C)c1. The molecule has 0 bridgehead atoms. The van der Waals surface area contributed by atoms with Gasteiger partial charge in [-0.15, -0.1) is 0 Å². The standard InChI is InChI=1S/C13H13NO3/c1-7-4-5-10(8(2)6-7)12-11(13(15)16)9(3)14-17-12/h4-6H,1-3H3,(H,15,16). The van der Waals surface area contributed by atoms with Gasteiger partial charge in [0.1, 0.15) is 5.56 Å². The summed E-state index contributed by atoms with van der Waals surface area (Å²) in [6.45, 7) is 5.53. The number of carboxylic acids is 1. The maximum atomic E-state index is 11.2. The Morgan fingerprint density at radius 2 is 2.00 bits per heavy atom. The third-order valence-corrected chi connectivity index (χ3v) is 2.70. The second kappa shape index (κ2) is 4.05. The van der Waals surface area contributed by atoms with Crippen molar-refractivity contribution in [2.75, 3.05) is 0 Å². The zero-order chi connectivity index (χ0) is 12.6. The first-order valence-electron chi connectivity index (χ1n) is 5.28. The summed E-state index contributed by atoms with van der Waals surface area (Å²) in [4.78, 5) is 11.2. The van der Waals surface area contributed by atoms with Crippen molar-refractivity contribution in [2.45, 2.75) is 20.8 Å². The van der Waals surface area contributed by atoms with E-state index in [1.54, 1.807) is 6.92 Å². The van der Waals surface area contributed by atoms with Gasteiger partial charge in [0.2, 0.25) is 0 Å². The normalized spacial score (nSPS) is 10.5. The van der Waals surface area contributed by atoms with Gasteiger partial charge in [-0.25, -0.2) is 4.79 Å². The van der Waals surface area contributed by atoms with Gasteiger partial charge in [0.25, 0.3) is 0 Å². The number of aromatic nitrogens is 1. The van der Waals surface area contributed by atoms with E-state index in [1.807, 2.05) is 32.0 Å². The molecular formula is C13H13NO3. The van der Waals surface area contributed by atoms with Gasteiger partial charge >= 0.3 is 5.97 Å². The molecule has 17 heavy (non-hydrogen) atoms. The van der Waals surface area contributed by atoms with E-state index in [2.05, 4.69) is 5.16 Å². The van der Waals surface area contributed by atoms with E-state index in [0.29, 0.717) is 11.5 Å². The number of carbonyl (C=O) groups is 1. The van der Waals surface area contributed by atoms with Crippen LogP contribution in [-0.4, -0.2) is 16.2 Å². The fourth-order valence-corrected chi connectivity index (χ4v) is 1.87. The van der Waals surface area contributed by atoms with Gasteiger partial charge in [0, 0.05) is 5.56 Å². The van der Waals surface area contributed by atoms with Gasteiger partial charge < -0.3 is 9.63 Å². The fourth-order valence-electron chi connectivity index (χ4n) is 1.87. The van der Waals surface area contributed by atoms with Gasteiger partial charge in [-0.05, 0) is 26.3 Å². The zero-order valence-electron chi connectivity index (χ0n) is 9.94. The van der Waals surface area contributed by atoms with E-state index in [9.17, 15) is 4.79 Å². The third-order valence-electron chi connectivity index (χ3n) is 2.70. The molecule has 0 saturated heterocycles. The van der Waals surface area contributed by atoms with Crippen LogP contribution in [0.2, 0.25) is 0 Å². The van der Waals surface area contributed by atoms with Gasteiger partial charge in [-0.3, -0.25) is 0 Å². The van der Waals surface area contributed by atoms with Crippen molar-refractivity contribution >= 4 is 5.97 Å². The Morgan fingerprint density at radius 3 is 2.59 bits per heavy atom. The van der Waals surface area contributed by atoms with Crippen molar-refractivity contribution in [3.05, 3.63) is 40.6 Å². The van der Waals surface area contributed by atoms with Gasteiger partial charge in [-0.2, -0.15) is 0 Å². The lowest BCUT2D eigenvalue weighted by atomic mass is 10.0. The zero-order valence-corrected chi connectivity index (χ0v) is 9.94. The largest absolute Gasteiger partial charge is 0.477 e. The van der Waals surface area contributed by atoms with Crippen LogP contribution in [0.15, 0.2) is 22.7 Å².